The van der Waals surface area contributed by atoms with Crippen LogP contribution in [0.2, 0.25) is 0 Å². The summed E-state index contributed by atoms with van der Waals surface area (Å²) in [5.41, 5.74) is 2.89. The van der Waals surface area contributed by atoms with Crippen molar-refractivity contribution in [1.82, 2.24) is 0 Å². The number of methoxy groups -OCH3 is 1. The Labute approximate surface area is 145 Å². The minimum atomic E-state index is -0.0353. The van der Waals surface area contributed by atoms with E-state index in [9.17, 15) is 4.79 Å². The highest BCUT2D eigenvalue weighted by atomic mass is 16.5. The molecule has 0 aromatic heterocycles. The van der Waals surface area contributed by atoms with E-state index in [1.165, 1.54) is 11.1 Å². The number of hydrogen-bond acceptors (Lipinski definition) is 2. The summed E-state index contributed by atoms with van der Waals surface area (Å²) in [5, 5.41) is 0. The number of ketones is 1. The lowest BCUT2D eigenvalue weighted by Gasteiger charge is -2.52. The fraction of sp³-hybridized carbons (Fsp3) is 0.591. The Bertz CT molecular complexity index is 677. The van der Waals surface area contributed by atoms with E-state index >= 15 is 0 Å². The van der Waals surface area contributed by atoms with Gasteiger partial charge in [0.2, 0.25) is 0 Å². The molecule has 0 bridgehead atoms. The van der Waals surface area contributed by atoms with Crippen LogP contribution >= 0.6 is 0 Å². The lowest BCUT2D eigenvalue weighted by atomic mass is 9.51. The van der Waals surface area contributed by atoms with Crippen LogP contribution in [0.3, 0.4) is 0 Å². The molecular formula is C22H28O2. The summed E-state index contributed by atoms with van der Waals surface area (Å²) in [6, 6.07) is 6.59. The molecular weight excluding hydrogens is 296 g/mol. The molecule has 1 unspecified atom stereocenters. The first-order valence-corrected chi connectivity index (χ1v) is 9.47. The van der Waals surface area contributed by atoms with Gasteiger partial charge in [-0.3, -0.25) is 4.79 Å². The number of rotatable bonds is 3. The van der Waals surface area contributed by atoms with Crippen LogP contribution in [0.25, 0.3) is 0 Å². The van der Waals surface area contributed by atoms with Gasteiger partial charge in [-0.05, 0) is 79.0 Å². The fourth-order valence-electron chi connectivity index (χ4n) is 6.26. The van der Waals surface area contributed by atoms with Crippen molar-refractivity contribution in [2.45, 2.75) is 51.4 Å². The quantitative estimate of drug-likeness (QED) is 0.738. The molecule has 2 saturated carbocycles. The van der Waals surface area contributed by atoms with Crippen molar-refractivity contribution in [3.8, 4) is 5.75 Å². The second-order valence-electron chi connectivity index (χ2n) is 7.97. The van der Waals surface area contributed by atoms with Crippen molar-refractivity contribution in [2.24, 2.45) is 23.2 Å². The summed E-state index contributed by atoms with van der Waals surface area (Å²) < 4.78 is 5.43. The fourth-order valence-corrected chi connectivity index (χ4v) is 6.26. The molecule has 0 aliphatic heterocycles. The molecule has 2 heteroatoms. The molecule has 1 aromatic carbocycles. The van der Waals surface area contributed by atoms with E-state index in [1.807, 2.05) is 0 Å². The first kappa shape index (κ1) is 15.9. The van der Waals surface area contributed by atoms with Gasteiger partial charge in [-0.15, -0.1) is 6.58 Å². The zero-order valence-electron chi connectivity index (χ0n) is 14.9. The van der Waals surface area contributed by atoms with E-state index in [2.05, 4.69) is 37.8 Å². The van der Waals surface area contributed by atoms with Crippen LogP contribution in [0.4, 0.5) is 0 Å². The lowest BCUT2D eigenvalue weighted by Crippen LogP contribution is -2.46. The summed E-state index contributed by atoms with van der Waals surface area (Å²) in [6.07, 6.45) is 8.31. The molecule has 0 amide bonds. The van der Waals surface area contributed by atoms with Crippen LogP contribution < -0.4 is 4.74 Å². The summed E-state index contributed by atoms with van der Waals surface area (Å²) in [6.45, 7) is 6.38. The number of Topliss-reactive ketones (excluding diaryl/α,β-unsaturated/α-hetero) is 1. The van der Waals surface area contributed by atoms with Crippen molar-refractivity contribution >= 4 is 5.78 Å². The van der Waals surface area contributed by atoms with E-state index in [0.717, 1.165) is 44.3 Å². The smallest absolute Gasteiger partial charge is 0.139 e. The number of benzene rings is 1. The Morgan fingerprint density at radius 3 is 2.92 bits per heavy atom. The second-order valence-corrected chi connectivity index (χ2v) is 7.97. The summed E-state index contributed by atoms with van der Waals surface area (Å²) in [7, 11) is 1.73. The molecule has 2 nitrogen and oxygen atoms in total. The first-order valence-electron chi connectivity index (χ1n) is 9.47. The minimum Gasteiger partial charge on any atom is -0.497 e. The molecule has 0 heterocycles. The van der Waals surface area contributed by atoms with Crippen molar-refractivity contribution in [3.05, 3.63) is 42.0 Å². The van der Waals surface area contributed by atoms with Crippen molar-refractivity contribution in [3.63, 3.8) is 0 Å². The van der Waals surface area contributed by atoms with Gasteiger partial charge in [0.15, 0.2) is 0 Å². The third-order valence-corrected chi connectivity index (χ3v) is 7.41. The van der Waals surface area contributed by atoms with E-state index in [1.54, 1.807) is 7.11 Å². The maximum atomic E-state index is 12.7. The number of allylic oxidation sites excluding steroid dienone is 1. The number of carbonyl (C=O) groups excluding carboxylic acids is 1. The second kappa shape index (κ2) is 5.75. The van der Waals surface area contributed by atoms with Crippen LogP contribution in [0.5, 0.6) is 5.75 Å². The predicted molar refractivity (Wildman–Crippen MR) is 96.3 cm³/mol. The van der Waals surface area contributed by atoms with Crippen LogP contribution in [0, 0.1) is 23.2 Å². The highest BCUT2D eigenvalue weighted by Gasteiger charge is 2.57. The Morgan fingerprint density at radius 1 is 1.38 bits per heavy atom. The normalized spacial score (nSPS) is 37.3. The first-order chi connectivity index (χ1) is 11.6. The maximum Gasteiger partial charge on any atom is 0.139 e. The molecule has 0 radical (unpaired) electrons. The van der Waals surface area contributed by atoms with E-state index < -0.39 is 0 Å². The third kappa shape index (κ3) is 2.04. The Balaban J connectivity index is 1.78. The number of hydrogen-bond donors (Lipinski definition) is 0. The monoisotopic (exact) mass is 324 g/mol. The van der Waals surface area contributed by atoms with Gasteiger partial charge in [-0.25, -0.2) is 0 Å². The van der Waals surface area contributed by atoms with Crippen molar-refractivity contribution in [2.75, 3.05) is 7.11 Å². The Hall–Kier alpha value is -1.57. The van der Waals surface area contributed by atoms with Gasteiger partial charge in [0, 0.05) is 11.8 Å². The molecule has 3 aliphatic carbocycles. The molecule has 0 saturated heterocycles. The SMILES string of the molecule is C=CC1Cc2cc(OC)ccc2[C@H]2CC[C@]3(CC)C(=O)CC[C@H]3[C@H]12. The summed E-state index contributed by atoms with van der Waals surface area (Å²) >= 11 is 0. The number of fused-ring (bicyclic) bond motifs is 5. The molecule has 0 spiro atoms. The van der Waals surface area contributed by atoms with Gasteiger partial charge in [-0.2, -0.15) is 0 Å². The van der Waals surface area contributed by atoms with Crippen molar-refractivity contribution in [1.29, 1.82) is 0 Å². The largest absolute Gasteiger partial charge is 0.497 e. The molecule has 4 rings (SSSR count). The van der Waals surface area contributed by atoms with E-state index in [-0.39, 0.29) is 5.41 Å². The van der Waals surface area contributed by atoms with Gasteiger partial charge in [0.1, 0.15) is 11.5 Å². The average Bonchev–Trinajstić information content (AvgIpc) is 2.97. The summed E-state index contributed by atoms with van der Waals surface area (Å²) in [4.78, 5) is 12.7. The molecule has 0 N–H and O–H groups in total. The van der Waals surface area contributed by atoms with Gasteiger partial charge < -0.3 is 4.74 Å². The number of ether oxygens (including phenoxy) is 1. The molecule has 3 aliphatic rings. The highest BCUT2D eigenvalue weighted by Crippen LogP contribution is 2.62. The summed E-state index contributed by atoms with van der Waals surface area (Å²) in [5.74, 6) is 3.69. The van der Waals surface area contributed by atoms with Crippen molar-refractivity contribution < 1.29 is 9.53 Å². The van der Waals surface area contributed by atoms with Gasteiger partial charge in [0.25, 0.3) is 0 Å². The van der Waals surface area contributed by atoms with E-state index in [0.29, 0.717) is 29.5 Å². The Kier molecular flexibility index (Phi) is 3.82. The van der Waals surface area contributed by atoms with Crippen LogP contribution in [-0.2, 0) is 11.2 Å². The van der Waals surface area contributed by atoms with Gasteiger partial charge in [-0.1, -0.05) is 19.1 Å². The topological polar surface area (TPSA) is 26.3 Å². The highest BCUT2D eigenvalue weighted by molar-refractivity contribution is 5.87. The zero-order chi connectivity index (χ0) is 16.9. The third-order valence-electron chi connectivity index (χ3n) is 7.41. The lowest BCUT2D eigenvalue weighted by molar-refractivity contribution is -0.131. The van der Waals surface area contributed by atoms with Crippen LogP contribution in [0.15, 0.2) is 30.9 Å². The van der Waals surface area contributed by atoms with Gasteiger partial charge in [0.05, 0.1) is 7.11 Å². The molecule has 2 fully saturated rings. The zero-order valence-corrected chi connectivity index (χ0v) is 14.9. The maximum absolute atomic E-state index is 12.7. The van der Waals surface area contributed by atoms with Crippen LogP contribution in [0.1, 0.15) is 56.1 Å². The molecule has 24 heavy (non-hydrogen) atoms. The minimum absolute atomic E-state index is 0.0353. The van der Waals surface area contributed by atoms with Crippen LogP contribution in [-0.4, -0.2) is 12.9 Å². The Morgan fingerprint density at radius 2 is 2.21 bits per heavy atom. The average molecular weight is 324 g/mol. The standard InChI is InChI=1S/C22H28O2/c1-4-14-12-15-13-16(24-3)6-7-17(15)18-10-11-22(5-2)19(21(14)18)8-9-20(22)23/h4,6-7,13-14,18-19,21H,1,5,8-12H2,2-3H3/t14?,18-,19+,21-,22+/m1/s1. The molecule has 128 valence electrons. The molecule has 1 aromatic rings. The predicted octanol–water partition coefficient (Wildman–Crippen LogP) is 4.92. The van der Waals surface area contributed by atoms with Gasteiger partial charge >= 0.3 is 0 Å². The number of carbonyl (C=O) groups is 1. The van der Waals surface area contributed by atoms with E-state index in [4.69, 9.17) is 4.74 Å². The molecule has 5 atom stereocenters.